The van der Waals surface area contributed by atoms with Crippen LogP contribution in [0.5, 0.6) is 0 Å². The second kappa shape index (κ2) is 10.1. The van der Waals surface area contributed by atoms with Gasteiger partial charge in [0.15, 0.2) is 5.78 Å². The van der Waals surface area contributed by atoms with Crippen LogP contribution in [0.1, 0.15) is 46.0 Å². The summed E-state index contributed by atoms with van der Waals surface area (Å²) in [6, 6.07) is 11.9. The molecule has 0 aliphatic heterocycles. The number of hydrogen-bond donors (Lipinski definition) is 1. The van der Waals surface area contributed by atoms with Crippen molar-refractivity contribution in [3.63, 3.8) is 0 Å². The summed E-state index contributed by atoms with van der Waals surface area (Å²) in [6.07, 6.45) is 2.84. The molecule has 0 atom stereocenters. The number of carbonyl (C=O) groups excluding carboxylic acids is 2. The second-order valence-corrected chi connectivity index (χ2v) is 5.53. The molecule has 0 radical (unpaired) electrons. The number of rotatable bonds is 4. The van der Waals surface area contributed by atoms with Crippen LogP contribution in [0.2, 0.25) is 0 Å². The Balaban J connectivity index is 0.000000234. The summed E-state index contributed by atoms with van der Waals surface area (Å²) in [7, 11) is 0. The van der Waals surface area contributed by atoms with Gasteiger partial charge in [0.05, 0.1) is 23.4 Å². The Hall–Kier alpha value is -4.37. The molecule has 0 aliphatic carbocycles. The lowest BCUT2D eigenvalue weighted by Gasteiger charge is -1.96. The van der Waals surface area contributed by atoms with Crippen LogP contribution >= 0.6 is 0 Å². The van der Waals surface area contributed by atoms with Gasteiger partial charge in [0, 0.05) is 25.4 Å². The fourth-order valence-electron chi connectivity index (χ4n) is 2.05. The second-order valence-electron chi connectivity index (χ2n) is 5.53. The molecule has 0 saturated heterocycles. The Kier molecular flexibility index (Phi) is 7.28. The number of nitriles is 2. The van der Waals surface area contributed by atoms with E-state index in [1.807, 2.05) is 12.1 Å². The number of ether oxygens (including phenoxy) is 1. The molecule has 3 aromatic rings. The summed E-state index contributed by atoms with van der Waals surface area (Å²) in [6.45, 7) is 3.48. The summed E-state index contributed by atoms with van der Waals surface area (Å²) < 4.78 is 4.84. The normalized spacial score (nSPS) is 9.38. The highest BCUT2D eigenvalue weighted by atomic mass is 16.5. The number of ketones is 1. The minimum atomic E-state index is -0.454. The molecule has 0 unspecified atom stereocenters. The predicted molar refractivity (Wildman–Crippen MR) is 101 cm³/mol. The fraction of sp³-hybridized carbons (Fsp3) is 0.150. The van der Waals surface area contributed by atoms with Gasteiger partial charge in [-0.15, -0.1) is 0 Å². The highest BCUT2D eigenvalue weighted by Gasteiger charge is 2.12. The molecule has 0 spiro atoms. The number of nitrogens with one attached hydrogen (secondary N) is 1. The number of aromatic nitrogens is 4. The maximum atomic E-state index is 11.4. The zero-order chi connectivity index (χ0) is 21.2. The molecular formula is C20H16N6O3. The third-order valence-electron chi connectivity index (χ3n) is 3.48. The van der Waals surface area contributed by atoms with E-state index in [2.05, 4.69) is 20.2 Å². The van der Waals surface area contributed by atoms with Crippen molar-refractivity contribution in [2.24, 2.45) is 0 Å². The Bertz CT molecular complexity index is 1070. The quantitative estimate of drug-likeness (QED) is 0.530. The van der Waals surface area contributed by atoms with Crippen molar-refractivity contribution < 1.29 is 14.3 Å². The third-order valence-corrected chi connectivity index (χ3v) is 3.48. The maximum absolute atomic E-state index is 11.4. The van der Waals surface area contributed by atoms with Crippen LogP contribution in [0.25, 0.3) is 11.4 Å². The van der Waals surface area contributed by atoms with Crippen LogP contribution in [0.4, 0.5) is 0 Å². The number of pyridine rings is 2. The Morgan fingerprint density at radius 3 is 2.17 bits per heavy atom. The zero-order valence-electron chi connectivity index (χ0n) is 15.7. The Morgan fingerprint density at radius 2 is 1.69 bits per heavy atom. The smallest absolute Gasteiger partial charge is 0.356 e. The van der Waals surface area contributed by atoms with Gasteiger partial charge in [-0.05, 0) is 31.2 Å². The number of hydrogen-bond acceptors (Lipinski definition) is 8. The highest BCUT2D eigenvalue weighted by molar-refractivity contribution is 5.92. The molecule has 144 valence electrons. The van der Waals surface area contributed by atoms with E-state index >= 15 is 0 Å². The average Bonchev–Trinajstić information content (AvgIpc) is 3.25. The minimum absolute atomic E-state index is 0.0884. The van der Waals surface area contributed by atoms with E-state index in [0.717, 1.165) is 0 Å². The molecular weight excluding hydrogens is 372 g/mol. The van der Waals surface area contributed by atoms with Gasteiger partial charge in [-0.2, -0.15) is 15.6 Å². The van der Waals surface area contributed by atoms with Gasteiger partial charge in [-0.1, -0.05) is 0 Å². The summed E-state index contributed by atoms with van der Waals surface area (Å²) in [5.41, 5.74) is 2.72. The summed E-state index contributed by atoms with van der Waals surface area (Å²) >= 11 is 0. The lowest BCUT2D eigenvalue weighted by Crippen LogP contribution is -2.04. The largest absolute Gasteiger partial charge is 0.461 e. The van der Waals surface area contributed by atoms with Crippen LogP contribution in [-0.4, -0.2) is 38.5 Å². The van der Waals surface area contributed by atoms with Crippen LogP contribution < -0.4 is 0 Å². The number of esters is 1. The molecule has 0 amide bonds. The van der Waals surface area contributed by atoms with E-state index in [0.29, 0.717) is 34.8 Å². The lowest BCUT2D eigenvalue weighted by atomic mass is 10.2. The zero-order valence-corrected chi connectivity index (χ0v) is 15.7. The fourth-order valence-corrected chi connectivity index (χ4v) is 2.05. The van der Waals surface area contributed by atoms with E-state index in [1.165, 1.54) is 19.3 Å². The van der Waals surface area contributed by atoms with Crippen molar-refractivity contribution in [3.8, 4) is 23.5 Å². The van der Waals surface area contributed by atoms with Gasteiger partial charge in [-0.25, -0.2) is 4.79 Å². The lowest BCUT2D eigenvalue weighted by molar-refractivity contribution is 0.0519. The topological polar surface area (TPSA) is 145 Å². The van der Waals surface area contributed by atoms with Crippen LogP contribution in [0.15, 0.2) is 42.7 Å². The molecule has 0 aromatic carbocycles. The first-order valence-electron chi connectivity index (χ1n) is 8.44. The van der Waals surface area contributed by atoms with E-state index < -0.39 is 5.97 Å². The minimum Gasteiger partial charge on any atom is -0.461 e. The van der Waals surface area contributed by atoms with Crippen molar-refractivity contribution in [2.45, 2.75) is 13.8 Å². The maximum Gasteiger partial charge on any atom is 0.356 e. The first-order chi connectivity index (χ1) is 14.0. The van der Waals surface area contributed by atoms with Gasteiger partial charge in [0.2, 0.25) is 0 Å². The SMILES string of the molecule is CC(=O)c1ccc(C#N)cn1.CCOC(=O)c1cc(-c2ccc(C#N)cn2)n[nH]1. The van der Waals surface area contributed by atoms with Crippen LogP contribution in [-0.2, 0) is 4.74 Å². The van der Waals surface area contributed by atoms with Gasteiger partial charge in [0.1, 0.15) is 29.2 Å². The van der Waals surface area contributed by atoms with Crippen molar-refractivity contribution in [1.29, 1.82) is 10.5 Å². The number of Topliss-reactive ketones (excluding diaryl/α,β-unsaturated/α-hetero) is 1. The van der Waals surface area contributed by atoms with Gasteiger partial charge in [-0.3, -0.25) is 19.9 Å². The Morgan fingerprint density at radius 1 is 1.03 bits per heavy atom. The first-order valence-corrected chi connectivity index (χ1v) is 8.44. The molecule has 0 saturated carbocycles. The third kappa shape index (κ3) is 5.81. The molecule has 1 N–H and O–H groups in total. The number of nitrogens with zero attached hydrogens (tertiary/aromatic N) is 5. The molecule has 0 fully saturated rings. The standard InChI is InChI=1S/C12H10N4O2.C8H6N2O/c1-2-18-12(17)11-5-10(15-16-11)9-4-3-8(6-13)7-14-9;1-6(11)8-3-2-7(4-9)5-10-8/h3-5,7H,2H2,1H3,(H,15,16);2-3,5H,1H3. The van der Waals surface area contributed by atoms with Gasteiger partial charge < -0.3 is 4.74 Å². The number of aromatic amines is 1. The predicted octanol–water partition coefficient (Wildman–Crippen LogP) is 2.68. The van der Waals surface area contributed by atoms with Crippen LogP contribution in [0.3, 0.4) is 0 Å². The molecule has 0 aliphatic rings. The van der Waals surface area contributed by atoms with Crippen LogP contribution in [0, 0.1) is 22.7 Å². The number of H-pyrrole nitrogens is 1. The van der Waals surface area contributed by atoms with Crippen molar-refractivity contribution in [3.05, 3.63) is 65.2 Å². The molecule has 0 bridgehead atoms. The molecule has 3 aromatic heterocycles. The Labute approximate surface area is 166 Å². The molecule has 3 rings (SSSR count). The molecule has 29 heavy (non-hydrogen) atoms. The van der Waals surface area contributed by atoms with Gasteiger partial charge in [0.25, 0.3) is 0 Å². The first kappa shape index (κ1) is 20.9. The van der Waals surface area contributed by atoms with Crippen molar-refractivity contribution in [1.82, 2.24) is 20.2 Å². The summed E-state index contributed by atoms with van der Waals surface area (Å²) in [5.74, 6) is -0.542. The molecule has 3 heterocycles. The molecule has 9 nitrogen and oxygen atoms in total. The average molecular weight is 388 g/mol. The van der Waals surface area contributed by atoms with Gasteiger partial charge >= 0.3 is 5.97 Å². The van der Waals surface area contributed by atoms with E-state index in [1.54, 1.807) is 37.3 Å². The van der Waals surface area contributed by atoms with E-state index in [4.69, 9.17) is 15.3 Å². The number of carbonyl (C=O) groups is 2. The molecule has 9 heteroatoms. The van der Waals surface area contributed by atoms with E-state index in [-0.39, 0.29) is 11.5 Å². The van der Waals surface area contributed by atoms with Crippen molar-refractivity contribution >= 4 is 11.8 Å². The van der Waals surface area contributed by atoms with Crippen molar-refractivity contribution in [2.75, 3.05) is 6.61 Å². The summed E-state index contributed by atoms with van der Waals surface area (Å²) in [4.78, 5) is 30.0. The van der Waals surface area contributed by atoms with E-state index in [9.17, 15) is 9.59 Å². The highest BCUT2D eigenvalue weighted by Crippen LogP contribution is 2.15. The summed E-state index contributed by atoms with van der Waals surface area (Å²) in [5, 5.41) is 23.6. The monoisotopic (exact) mass is 388 g/mol.